The van der Waals surface area contributed by atoms with E-state index in [1.807, 2.05) is 0 Å². The molecule has 0 radical (unpaired) electrons. The summed E-state index contributed by atoms with van der Waals surface area (Å²) in [6.45, 7) is 1.51. The quantitative estimate of drug-likeness (QED) is 0.529. The summed E-state index contributed by atoms with van der Waals surface area (Å²) in [5.74, 6) is -0.192. The molecule has 5 heteroatoms. The molecule has 0 heterocycles. The standard InChI is InChI=1S/C12H23NO4/c1-15-7-6-13-9-12(14)17-11-5-3-4-10(8-11)16-2/h10-11,13H,3-9H2,1-2H3. The summed E-state index contributed by atoms with van der Waals surface area (Å²) in [7, 11) is 3.34. The molecule has 2 atom stereocenters. The van der Waals surface area contributed by atoms with Crippen LogP contribution in [0.1, 0.15) is 25.7 Å². The molecule has 1 saturated carbocycles. The fraction of sp³-hybridized carbons (Fsp3) is 0.917. The van der Waals surface area contributed by atoms with Crippen LogP contribution < -0.4 is 5.32 Å². The molecule has 1 aliphatic rings. The molecule has 1 N–H and O–H groups in total. The minimum absolute atomic E-state index is 0.0189. The first-order chi connectivity index (χ1) is 8.26. The molecule has 2 unspecified atom stereocenters. The molecule has 0 aromatic carbocycles. The van der Waals surface area contributed by atoms with Crippen LogP contribution in [-0.2, 0) is 19.0 Å². The fourth-order valence-electron chi connectivity index (χ4n) is 2.02. The molecule has 0 bridgehead atoms. The van der Waals surface area contributed by atoms with Gasteiger partial charge in [-0.25, -0.2) is 0 Å². The summed E-state index contributed by atoms with van der Waals surface area (Å²) in [5, 5.41) is 2.97. The van der Waals surface area contributed by atoms with Gasteiger partial charge in [-0.2, -0.15) is 0 Å². The Bertz CT molecular complexity index is 223. The lowest BCUT2D eigenvalue weighted by molar-refractivity contribution is -0.151. The van der Waals surface area contributed by atoms with E-state index in [-0.39, 0.29) is 24.7 Å². The molecule has 0 aromatic rings. The van der Waals surface area contributed by atoms with E-state index in [9.17, 15) is 4.79 Å². The third-order valence-electron chi connectivity index (χ3n) is 2.96. The lowest BCUT2D eigenvalue weighted by Gasteiger charge is -2.27. The third-order valence-corrected chi connectivity index (χ3v) is 2.96. The zero-order chi connectivity index (χ0) is 12.5. The summed E-state index contributed by atoms with van der Waals surface area (Å²) in [4.78, 5) is 11.5. The topological polar surface area (TPSA) is 56.8 Å². The largest absolute Gasteiger partial charge is 0.461 e. The van der Waals surface area contributed by atoms with Crippen LogP contribution in [0.5, 0.6) is 0 Å². The Kier molecular flexibility index (Phi) is 7.16. The Balaban J connectivity index is 2.12. The maximum Gasteiger partial charge on any atom is 0.320 e. The van der Waals surface area contributed by atoms with Gasteiger partial charge in [0.2, 0.25) is 0 Å². The van der Waals surface area contributed by atoms with Crippen molar-refractivity contribution in [1.29, 1.82) is 0 Å². The highest BCUT2D eigenvalue weighted by Gasteiger charge is 2.24. The first-order valence-electron chi connectivity index (χ1n) is 6.18. The number of esters is 1. The van der Waals surface area contributed by atoms with Gasteiger partial charge in [-0.3, -0.25) is 4.79 Å². The number of methoxy groups -OCH3 is 2. The zero-order valence-corrected chi connectivity index (χ0v) is 10.7. The molecule has 1 aliphatic carbocycles. The van der Waals surface area contributed by atoms with E-state index in [1.165, 1.54) is 0 Å². The number of carbonyl (C=O) groups is 1. The predicted octanol–water partition coefficient (Wildman–Crippen LogP) is 0.723. The predicted molar refractivity (Wildman–Crippen MR) is 63.9 cm³/mol. The highest BCUT2D eigenvalue weighted by atomic mass is 16.5. The van der Waals surface area contributed by atoms with Crippen LogP contribution in [0.15, 0.2) is 0 Å². The maximum atomic E-state index is 11.5. The molecule has 0 spiro atoms. The summed E-state index contributed by atoms with van der Waals surface area (Å²) < 4.78 is 15.5. The lowest BCUT2D eigenvalue weighted by atomic mass is 9.95. The van der Waals surface area contributed by atoms with Gasteiger partial charge >= 0.3 is 5.97 Å². The van der Waals surface area contributed by atoms with Gasteiger partial charge in [0.1, 0.15) is 6.10 Å². The summed E-state index contributed by atoms with van der Waals surface area (Å²) in [5.41, 5.74) is 0. The van der Waals surface area contributed by atoms with Gasteiger partial charge < -0.3 is 19.5 Å². The molecular formula is C12H23NO4. The second-order valence-corrected chi connectivity index (χ2v) is 4.31. The number of hydrogen-bond acceptors (Lipinski definition) is 5. The number of ether oxygens (including phenoxy) is 3. The number of rotatable bonds is 7. The lowest BCUT2D eigenvalue weighted by Crippen LogP contribution is -2.33. The van der Waals surface area contributed by atoms with Crippen LogP contribution in [0.3, 0.4) is 0 Å². The van der Waals surface area contributed by atoms with E-state index in [0.717, 1.165) is 25.7 Å². The molecule has 0 aliphatic heterocycles. The average Bonchev–Trinajstić information content (AvgIpc) is 2.35. The molecule has 1 rings (SSSR count). The summed E-state index contributed by atoms with van der Waals surface area (Å²) in [6.07, 6.45) is 4.15. The Morgan fingerprint density at radius 3 is 2.76 bits per heavy atom. The van der Waals surface area contributed by atoms with E-state index < -0.39 is 0 Å². The van der Waals surface area contributed by atoms with E-state index in [1.54, 1.807) is 14.2 Å². The van der Waals surface area contributed by atoms with Crippen LogP contribution in [0, 0.1) is 0 Å². The first-order valence-corrected chi connectivity index (χ1v) is 6.18. The van der Waals surface area contributed by atoms with Crippen LogP contribution >= 0.6 is 0 Å². The van der Waals surface area contributed by atoms with E-state index in [0.29, 0.717) is 13.2 Å². The van der Waals surface area contributed by atoms with Crippen molar-refractivity contribution in [2.45, 2.75) is 37.9 Å². The number of hydrogen-bond donors (Lipinski definition) is 1. The molecule has 0 aromatic heterocycles. The van der Waals surface area contributed by atoms with Gasteiger partial charge in [0.25, 0.3) is 0 Å². The van der Waals surface area contributed by atoms with E-state index >= 15 is 0 Å². The van der Waals surface area contributed by atoms with E-state index in [2.05, 4.69) is 5.32 Å². The minimum atomic E-state index is -0.192. The van der Waals surface area contributed by atoms with Gasteiger partial charge in [0.15, 0.2) is 0 Å². The highest BCUT2D eigenvalue weighted by Crippen LogP contribution is 2.22. The van der Waals surface area contributed by atoms with Crippen molar-refractivity contribution in [3.8, 4) is 0 Å². The highest BCUT2D eigenvalue weighted by molar-refractivity contribution is 5.71. The Labute approximate surface area is 103 Å². The van der Waals surface area contributed by atoms with E-state index in [4.69, 9.17) is 14.2 Å². The van der Waals surface area contributed by atoms with Crippen molar-refractivity contribution in [2.75, 3.05) is 33.9 Å². The van der Waals surface area contributed by atoms with Crippen LogP contribution in [-0.4, -0.2) is 52.1 Å². The molecule has 17 heavy (non-hydrogen) atoms. The second kappa shape index (κ2) is 8.44. The average molecular weight is 245 g/mol. The fourth-order valence-corrected chi connectivity index (χ4v) is 2.02. The van der Waals surface area contributed by atoms with Crippen molar-refractivity contribution in [2.24, 2.45) is 0 Å². The Morgan fingerprint density at radius 1 is 1.29 bits per heavy atom. The first kappa shape index (κ1) is 14.4. The van der Waals surface area contributed by atoms with Crippen molar-refractivity contribution >= 4 is 5.97 Å². The van der Waals surface area contributed by atoms with Crippen molar-refractivity contribution in [3.63, 3.8) is 0 Å². The van der Waals surface area contributed by atoms with Gasteiger partial charge in [0.05, 0.1) is 19.3 Å². The molecule has 1 fully saturated rings. The van der Waals surface area contributed by atoms with Crippen molar-refractivity contribution in [1.82, 2.24) is 5.32 Å². The van der Waals surface area contributed by atoms with Gasteiger partial charge in [-0.1, -0.05) is 0 Å². The maximum absolute atomic E-state index is 11.5. The molecule has 5 nitrogen and oxygen atoms in total. The van der Waals surface area contributed by atoms with Crippen LogP contribution in [0.2, 0.25) is 0 Å². The van der Waals surface area contributed by atoms with Gasteiger partial charge in [-0.15, -0.1) is 0 Å². The smallest absolute Gasteiger partial charge is 0.320 e. The van der Waals surface area contributed by atoms with Crippen LogP contribution in [0.25, 0.3) is 0 Å². The minimum Gasteiger partial charge on any atom is -0.461 e. The zero-order valence-electron chi connectivity index (χ0n) is 10.7. The van der Waals surface area contributed by atoms with Crippen molar-refractivity contribution < 1.29 is 19.0 Å². The monoisotopic (exact) mass is 245 g/mol. The molecule has 0 saturated heterocycles. The number of carbonyl (C=O) groups excluding carboxylic acids is 1. The number of nitrogens with one attached hydrogen (secondary N) is 1. The summed E-state index contributed by atoms with van der Waals surface area (Å²) >= 11 is 0. The van der Waals surface area contributed by atoms with Gasteiger partial charge in [0, 0.05) is 27.2 Å². The molecule has 0 amide bonds. The van der Waals surface area contributed by atoms with Crippen LogP contribution in [0.4, 0.5) is 0 Å². The molecule has 100 valence electrons. The Morgan fingerprint density at radius 2 is 2.06 bits per heavy atom. The normalized spacial score (nSPS) is 24.6. The third kappa shape index (κ3) is 6.00. The SMILES string of the molecule is COCCNCC(=O)OC1CCCC(OC)C1. The molecular weight excluding hydrogens is 222 g/mol. The second-order valence-electron chi connectivity index (χ2n) is 4.31. The van der Waals surface area contributed by atoms with Crippen molar-refractivity contribution in [3.05, 3.63) is 0 Å². The summed E-state index contributed by atoms with van der Waals surface area (Å²) in [6, 6.07) is 0. The van der Waals surface area contributed by atoms with Gasteiger partial charge in [-0.05, 0) is 19.3 Å². The Hall–Kier alpha value is -0.650.